The van der Waals surface area contributed by atoms with E-state index in [0.717, 1.165) is 4.31 Å². The van der Waals surface area contributed by atoms with E-state index in [1.165, 1.54) is 6.07 Å². The molecule has 1 aliphatic carbocycles. The number of alkyl carbamates (subject to hydrolysis) is 1. The summed E-state index contributed by atoms with van der Waals surface area (Å²) in [5.74, 6) is -2.08. The molecule has 1 aromatic carbocycles. The summed E-state index contributed by atoms with van der Waals surface area (Å²) in [4.78, 5) is 23.4. The number of rotatable bonds is 3. The van der Waals surface area contributed by atoms with Crippen molar-refractivity contribution in [2.45, 2.75) is 45.6 Å². The maximum absolute atomic E-state index is 15.3. The standard InChI is InChI=1S/C18H26FN3O6S/c1-18(2,3)20-17(25)28-9-10-4-5-11-7-13(23)16(15(19)12(11)6-10)22-8-14(24)21-29(22,26)27/h7,10,23,26-27H,4-6,8-9H2,1-3H3,(H,20,25)(H,21,24)/t10-/m0/s1. The highest BCUT2D eigenvalue weighted by Gasteiger charge is 2.39. The number of phenols is 1. The van der Waals surface area contributed by atoms with Crippen LogP contribution in [0.5, 0.6) is 5.75 Å². The minimum absolute atomic E-state index is 0.107. The molecule has 11 heteroatoms. The number of benzene rings is 1. The van der Waals surface area contributed by atoms with Crippen LogP contribution < -0.4 is 14.3 Å². The summed E-state index contributed by atoms with van der Waals surface area (Å²) in [6, 6.07) is 1.38. The first kappa shape index (κ1) is 21.5. The van der Waals surface area contributed by atoms with Gasteiger partial charge in [0.1, 0.15) is 18.0 Å². The lowest BCUT2D eigenvalue weighted by Crippen LogP contribution is -2.41. The van der Waals surface area contributed by atoms with E-state index < -0.39 is 52.3 Å². The van der Waals surface area contributed by atoms with Crippen LogP contribution in [0.15, 0.2) is 6.07 Å². The molecule has 5 N–H and O–H groups in total. The largest absolute Gasteiger partial charge is 0.506 e. The third kappa shape index (κ3) is 4.68. The molecule has 1 saturated heterocycles. The number of halogens is 1. The molecule has 29 heavy (non-hydrogen) atoms. The predicted molar refractivity (Wildman–Crippen MR) is 106 cm³/mol. The first-order valence-electron chi connectivity index (χ1n) is 9.22. The molecule has 9 nitrogen and oxygen atoms in total. The van der Waals surface area contributed by atoms with Crippen LogP contribution in [-0.2, 0) is 22.4 Å². The van der Waals surface area contributed by atoms with Crippen molar-refractivity contribution in [2.24, 2.45) is 5.92 Å². The Balaban J connectivity index is 1.78. The zero-order valence-corrected chi connectivity index (χ0v) is 17.3. The molecular weight excluding hydrogens is 405 g/mol. The van der Waals surface area contributed by atoms with Crippen molar-refractivity contribution < 1.29 is 32.9 Å². The van der Waals surface area contributed by atoms with E-state index in [1.54, 1.807) is 0 Å². The molecule has 0 saturated carbocycles. The Bertz CT molecular complexity index is 842. The van der Waals surface area contributed by atoms with Crippen molar-refractivity contribution in [3.05, 3.63) is 23.0 Å². The zero-order chi connectivity index (χ0) is 21.6. The quantitative estimate of drug-likeness (QED) is 0.497. The number of aryl methyl sites for hydroxylation is 1. The average Bonchev–Trinajstić information content (AvgIpc) is 2.84. The Morgan fingerprint density at radius 1 is 1.45 bits per heavy atom. The summed E-state index contributed by atoms with van der Waals surface area (Å²) in [7, 11) is -3.76. The second kappa shape index (κ2) is 7.54. The van der Waals surface area contributed by atoms with Crippen LogP contribution in [0, 0.1) is 11.7 Å². The van der Waals surface area contributed by atoms with Gasteiger partial charge in [-0.15, -0.1) is 0 Å². The molecule has 3 rings (SSSR count). The number of ether oxygens (including phenoxy) is 1. The molecule has 1 aliphatic heterocycles. The number of phenolic OH excluding ortho intramolecular Hbond substituents is 1. The highest BCUT2D eigenvalue weighted by atomic mass is 32.3. The first-order valence-corrected chi connectivity index (χ1v) is 10.7. The summed E-state index contributed by atoms with van der Waals surface area (Å²) in [6.07, 6.45) is 0.826. The molecule has 1 fully saturated rings. The number of hydrogen-bond acceptors (Lipinski definition) is 7. The van der Waals surface area contributed by atoms with Crippen LogP contribution in [0.4, 0.5) is 14.9 Å². The van der Waals surface area contributed by atoms with E-state index in [4.69, 9.17) is 4.74 Å². The Labute approximate surface area is 169 Å². The van der Waals surface area contributed by atoms with Crippen LogP contribution in [0.1, 0.15) is 38.3 Å². The van der Waals surface area contributed by atoms with Gasteiger partial charge in [-0.1, -0.05) is 0 Å². The summed E-state index contributed by atoms with van der Waals surface area (Å²) < 4.78 is 43.3. The van der Waals surface area contributed by atoms with Gasteiger partial charge in [0, 0.05) is 5.54 Å². The lowest BCUT2D eigenvalue weighted by molar-refractivity contribution is -0.117. The predicted octanol–water partition coefficient (Wildman–Crippen LogP) is 2.68. The summed E-state index contributed by atoms with van der Waals surface area (Å²) in [5, 5.41) is 13.0. The summed E-state index contributed by atoms with van der Waals surface area (Å²) >= 11 is 0. The average molecular weight is 431 g/mol. The fourth-order valence-corrected chi connectivity index (χ4v) is 4.70. The Morgan fingerprint density at radius 2 is 2.14 bits per heavy atom. The Morgan fingerprint density at radius 3 is 2.72 bits per heavy atom. The zero-order valence-electron chi connectivity index (χ0n) is 16.5. The maximum atomic E-state index is 15.3. The van der Waals surface area contributed by atoms with E-state index in [1.807, 2.05) is 25.5 Å². The van der Waals surface area contributed by atoms with E-state index >= 15 is 4.39 Å². The highest BCUT2D eigenvalue weighted by molar-refractivity contribution is 8.24. The number of hydrogen-bond donors (Lipinski definition) is 5. The van der Waals surface area contributed by atoms with Crippen LogP contribution >= 0.6 is 11.0 Å². The molecule has 1 atom stereocenters. The van der Waals surface area contributed by atoms with Crippen molar-refractivity contribution in [1.82, 2.24) is 10.0 Å². The first-order chi connectivity index (χ1) is 13.4. The Kier molecular flexibility index (Phi) is 5.58. The molecule has 1 heterocycles. The van der Waals surface area contributed by atoms with E-state index in [-0.39, 0.29) is 18.9 Å². The highest BCUT2D eigenvalue weighted by Crippen LogP contribution is 2.51. The van der Waals surface area contributed by atoms with Crippen LogP contribution in [-0.4, -0.2) is 44.9 Å². The molecule has 1 aromatic rings. The van der Waals surface area contributed by atoms with Crippen molar-refractivity contribution in [2.75, 3.05) is 17.5 Å². The number of carbonyl (C=O) groups excluding carboxylic acids is 2. The Hall–Kier alpha value is -2.24. The minimum Gasteiger partial charge on any atom is -0.506 e. The fraction of sp³-hybridized carbons (Fsp3) is 0.556. The van der Waals surface area contributed by atoms with Gasteiger partial charge in [0.15, 0.2) is 5.82 Å². The number of aromatic hydroxyl groups is 1. The SMILES string of the molecule is CC(C)(C)NC(=O)OC[C@H]1CCc2cc(O)c(N3CC(=O)NS3(O)O)c(F)c2C1. The van der Waals surface area contributed by atoms with Crippen LogP contribution in [0.25, 0.3) is 0 Å². The van der Waals surface area contributed by atoms with Gasteiger partial charge in [-0.2, -0.15) is 0 Å². The summed E-state index contributed by atoms with van der Waals surface area (Å²) in [6.45, 7) is 5.12. The molecule has 0 aromatic heterocycles. The molecule has 0 unspecified atom stereocenters. The summed E-state index contributed by atoms with van der Waals surface area (Å²) in [5.41, 5.74) is 0.0611. The number of nitrogens with zero attached hydrogens (tertiary/aromatic N) is 1. The lowest BCUT2D eigenvalue weighted by atomic mass is 9.83. The van der Waals surface area contributed by atoms with Gasteiger partial charge in [-0.05, 0) is 74.1 Å². The van der Waals surface area contributed by atoms with Crippen molar-refractivity contribution in [1.29, 1.82) is 0 Å². The van der Waals surface area contributed by atoms with Gasteiger partial charge in [0.05, 0.1) is 6.61 Å². The van der Waals surface area contributed by atoms with E-state index in [2.05, 4.69) is 5.32 Å². The van der Waals surface area contributed by atoms with Gasteiger partial charge >= 0.3 is 6.09 Å². The number of nitrogens with one attached hydrogen (secondary N) is 2. The molecule has 2 aliphatic rings. The number of anilines is 1. The lowest BCUT2D eigenvalue weighted by Gasteiger charge is -2.37. The molecule has 0 spiro atoms. The maximum Gasteiger partial charge on any atom is 0.407 e. The van der Waals surface area contributed by atoms with Gasteiger partial charge < -0.3 is 15.2 Å². The number of amides is 2. The van der Waals surface area contributed by atoms with Gasteiger partial charge in [0.2, 0.25) is 0 Å². The smallest absolute Gasteiger partial charge is 0.407 e. The third-order valence-corrected chi connectivity index (χ3v) is 6.18. The molecule has 0 radical (unpaired) electrons. The number of fused-ring (bicyclic) bond motifs is 1. The second-order valence-electron chi connectivity index (χ2n) is 8.36. The molecule has 0 bridgehead atoms. The van der Waals surface area contributed by atoms with Gasteiger partial charge in [-0.3, -0.25) is 13.9 Å². The fourth-order valence-electron chi connectivity index (χ4n) is 3.49. The van der Waals surface area contributed by atoms with Crippen LogP contribution in [0.3, 0.4) is 0 Å². The normalized spacial score (nSPS) is 21.9. The van der Waals surface area contributed by atoms with Crippen molar-refractivity contribution in [3.63, 3.8) is 0 Å². The van der Waals surface area contributed by atoms with Crippen molar-refractivity contribution in [3.8, 4) is 5.75 Å². The molecular formula is C18H26FN3O6S. The minimum atomic E-state index is -3.76. The van der Waals surface area contributed by atoms with Gasteiger partial charge in [-0.25, -0.2) is 18.2 Å². The molecule has 2 amide bonds. The van der Waals surface area contributed by atoms with E-state index in [0.29, 0.717) is 24.0 Å². The molecule has 162 valence electrons. The third-order valence-electron chi connectivity index (χ3n) is 4.75. The number of carbonyl (C=O) groups is 2. The van der Waals surface area contributed by atoms with Crippen molar-refractivity contribution >= 4 is 28.6 Å². The van der Waals surface area contributed by atoms with Gasteiger partial charge in [0.25, 0.3) is 5.91 Å². The monoisotopic (exact) mass is 431 g/mol. The van der Waals surface area contributed by atoms with E-state index in [9.17, 15) is 23.8 Å². The van der Waals surface area contributed by atoms with Crippen LogP contribution in [0.2, 0.25) is 0 Å². The second-order valence-corrected chi connectivity index (χ2v) is 10.0. The topological polar surface area (TPSA) is 131 Å².